The van der Waals surface area contributed by atoms with Crippen LogP contribution in [0.15, 0.2) is 18.2 Å². The van der Waals surface area contributed by atoms with E-state index < -0.39 is 0 Å². The average molecular weight is 178 g/mol. The summed E-state index contributed by atoms with van der Waals surface area (Å²) < 4.78 is 0. The molecular weight excluding hydrogens is 164 g/mol. The SMILES string of the molecule is Cc1ccc(C(=O)CCN)c(N)c1. The van der Waals surface area contributed by atoms with Gasteiger partial charge in [-0.05, 0) is 31.2 Å². The predicted octanol–water partition coefficient (Wildman–Crippen LogP) is 1.11. The Kier molecular flexibility index (Phi) is 3.03. The Hall–Kier alpha value is -1.35. The van der Waals surface area contributed by atoms with E-state index in [2.05, 4.69) is 0 Å². The summed E-state index contributed by atoms with van der Waals surface area (Å²) in [5.41, 5.74) is 13.2. The minimum Gasteiger partial charge on any atom is -0.398 e. The molecule has 0 radical (unpaired) electrons. The Morgan fingerprint density at radius 2 is 2.15 bits per heavy atom. The van der Waals surface area contributed by atoms with Crippen molar-refractivity contribution in [2.75, 3.05) is 12.3 Å². The second-order valence-electron chi connectivity index (χ2n) is 3.05. The summed E-state index contributed by atoms with van der Waals surface area (Å²) in [5, 5.41) is 0. The Bertz CT molecular complexity index is 321. The summed E-state index contributed by atoms with van der Waals surface area (Å²) in [6.45, 7) is 2.31. The predicted molar refractivity (Wildman–Crippen MR) is 53.6 cm³/mol. The van der Waals surface area contributed by atoms with Gasteiger partial charge in [-0.15, -0.1) is 0 Å². The zero-order chi connectivity index (χ0) is 9.84. The molecular formula is C10H14N2O. The van der Waals surface area contributed by atoms with Gasteiger partial charge in [-0.25, -0.2) is 0 Å². The zero-order valence-electron chi connectivity index (χ0n) is 7.71. The molecule has 1 rings (SSSR count). The van der Waals surface area contributed by atoms with E-state index in [9.17, 15) is 4.79 Å². The summed E-state index contributed by atoms with van der Waals surface area (Å²) in [6, 6.07) is 5.42. The van der Waals surface area contributed by atoms with Crippen LogP contribution in [0.4, 0.5) is 5.69 Å². The second-order valence-corrected chi connectivity index (χ2v) is 3.05. The maximum absolute atomic E-state index is 11.4. The number of carbonyl (C=O) groups is 1. The number of hydrogen-bond donors (Lipinski definition) is 2. The highest BCUT2D eigenvalue weighted by Crippen LogP contribution is 2.15. The van der Waals surface area contributed by atoms with Gasteiger partial charge in [-0.2, -0.15) is 0 Å². The largest absolute Gasteiger partial charge is 0.398 e. The number of benzene rings is 1. The number of rotatable bonds is 3. The lowest BCUT2D eigenvalue weighted by Gasteiger charge is -2.04. The van der Waals surface area contributed by atoms with Gasteiger partial charge in [0, 0.05) is 17.7 Å². The van der Waals surface area contributed by atoms with Gasteiger partial charge in [-0.3, -0.25) is 4.79 Å². The fraction of sp³-hybridized carbons (Fsp3) is 0.300. The number of anilines is 1. The van der Waals surface area contributed by atoms with Crippen LogP contribution in [0.5, 0.6) is 0 Å². The Morgan fingerprint density at radius 1 is 1.46 bits per heavy atom. The first-order chi connectivity index (χ1) is 6.15. The number of aryl methyl sites for hydroxylation is 1. The molecule has 0 saturated heterocycles. The quantitative estimate of drug-likeness (QED) is 0.538. The van der Waals surface area contributed by atoms with Crippen LogP contribution in [0.2, 0.25) is 0 Å². The topological polar surface area (TPSA) is 69.1 Å². The lowest BCUT2D eigenvalue weighted by Crippen LogP contribution is -2.10. The van der Waals surface area contributed by atoms with Crippen LogP contribution >= 0.6 is 0 Å². The Balaban J connectivity index is 2.95. The van der Waals surface area contributed by atoms with E-state index in [1.54, 1.807) is 12.1 Å². The van der Waals surface area contributed by atoms with Crippen LogP contribution in [0.25, 0.3) is 0 Å². The summed E-state index contributed by atoms with van der Waals surface area (Å²) in [4.78, 5) is 11.4. The van der Waals surface area contributed by atoms with Crippen molar-refractivity contribution in [3.05, 3.63) is 29.3 Å². The summed E-state index contributed by atoms with van der Waals surface area (Å²) in [5.74, 6) is 0.0139. The fourth-order valence-electron chi connectivity index (χ4n) is 1.20. The molecule has 0 unspecified atom stereocenters. The third-order valence-corrected chi connectivity index (χ3v) is 1.88. The van der Waals surface area contributed by atoms with Crippen molar-refractivity contribution in [3.8, 4) is 0 Å². The molecule has 3 nitrogen and oxygen atoms in total. The zero-order valence-corrected chi connectivity index (χ0v) is 7.71. The van der Waals surface area contributed by atoms with Crippen molar-refractivity contribution in [3.63, 3.8) is 0 Å². The number of Topliss-reactive ketones (excluding diaryl/α,β-unsaturated/α-hetero) is 1. The van der Waals surface area contributed by atoms with E-state index in [1.807, 2.05) is 13.0 Å². The van der Waals surface area contributed by atoms with Gasteiger partial charge < -0.3 is 11.5 Å². The normalized spacial score (nSPS) is 10.0. The lowest BCUT2D eigenvalue weighted by molar-refractivity contribution is 0.0986. The second kappa shape index (κ2) is 4.05. The van der Waals surface area contributed by atoms with E-state index in [-0.39, 0.29) is 5.78 Å². The molecule has 1 aromatic rings. The fourth-order valence-corrected chi connectivity index (χ4v) is 1.20. The minimum absolute atomic E-state index is 0.0139. The Morgan fingerprint density at radius 3 is 2.69 bits per heavy atom. The van der Waals surface area contributed by atoms with Crippen LogP contribution in [0.3, 0.4) is 0 Å². The highest BCUT2D eigenvalue weighted by atomic mass is 16.1. The highest BCUT2D eigenvalue weighted by molar-refractivity contribution is 6.00. The smallest absolute Gasteiger partial charge is 0.166 e. The molecule has 0 aliphatic heterocycles. The van der Waals surface area contributed by atoms with Crippen molar-refractivity contribution in [2.24, 2.45) is 5.73 Å². The van der Waals surface area contributed by atoms with Crippen molar-refractivity contribution in [2.45, 2.75) is 13.3 Å². The standard InChI is InChI=1S/C10H14N2O/c1-7-2-3-8(9(12)6-7)10(13)4-5-11/h2-3,6H,4-5,11-12H2,1H3. The molecule has 70 valence electrons. The Labute approximate surface area is 77.7 Å². The summed E-state index contributed by atoms with van der Waals surface area (Å²) >= 11 is 0. The first kappa shape index (κ1) is 9.74. The number of ketones is 1. The number of nitrogen functional groups attached to an aromatic ring is 1. The van der Waals surface area contributed by atoms with Crippen LogP contribution in [-0.2, 0) is 0 Å². The van der Waals surface area contributed by atoms with Gasteiger partial charge in [-0.1, -0.05) is 6.07 Å². The maximum Gasteiger partial charge on any atom is 0.166 e. The van der Waals surface area contributed by atoms with E-state index >= 15 is 0 Å². The van der Waals surface area contributed by atoms with E-state index in [1.165, 1.54) is 0 Å². The molecule has 4 N–H and O–H groups in total. The summed E-state index contributed by atoms with van der Waals surface area (Å²) in [6.07, 6.45) is 0.354. The molecule has 0 aliphatic carbocycles. The first-order valence-corrected chi connectivity index (χ1v) is 4.24. The molecule has 0 heterocycles. The van der Waals surface area contributed by atoms with E-state index in [0.29, 0.717) is 24.2 Å². The lowest BCUT2D eigenvalue weighted by atomic mass is 10.0. The van der Waals surface area contributed by atoms with E-state index in [0.717, 1.165) is 5.56 Å². The van der Waals surface area contributed by atoms with Gasteiger partial charge in [0.15, 0.2) is 5.78 Å². The average Bonchev–Trinajstić information content (AvgIpc) is 2.04. The van der Waals surface area contributed by atoms with Crippen molar-refractivity contribution in [1.29, 1.82) is 0 Å². The van der Waals surface area contributed by atoms with Gasteiger partial charge in [0.2, 0.25) is 0 Å². The molecule has 0 fully saturated rings. The molecule has 0 spiro atoms. The van der Waals surface area contributed by atoms with Crippen molar-refractivity contribution >= 4 is 11.5 Å². The number of carbonyl (C=O) groups excluding carboxylic acids is 1. The minimum atomic E-state index is 0.0139. The number of nitrogens with two attached hydrogens (primary N) is 2. The molecule has 1 aromatic carbocycles. The van der Waals surface area contributed by atoms with Gasteiger partial charge in [0.1, 0.15) is 0 Å². The summed E-state index contributed by atoms with van der Waals surface area (Å²) in [7, 11) is 0. The van der Waals surface area contributed by atoms with Crippen LogP contribution < -0.4 is 11.5 Å². The van der Waals surface area contributed by atoms with Crippen LogP contribution in [0.1, 0.15) is 22.3 Å². The molecule has 0 aromatic heterocycles. The molecule has 3 heteroatoms. The third-order valence-electron chi connectivity index (χ3n) is 1.88. The molecule has 0 atom stereocenters. The van der Waals surface area contributed by atoms with Crippen LogP contribution in [0, 0.1) is 6.92 Å². The first-order valence-electron chi connectivity index (χ1n) is 4.24. The third kappa shape index (κ3) is 2.29. The van der Waals surface area contributed by atoms with Gasteiger partial charge in [0.25, 0.3) is 0 Å². The highest BCUT2D eigenvalue weighted by Gasteiger charge is 2.07. The number of hydrogen-bond acceptors (Lipinski definition) is 3. The molecule has 13 heavy (non-hydrogen) atoms. The van der Waals surface area contributed by atoms with Crippen LogP contribution in [-0.4, -0.2) is 12.3 Å². The van der Waals surface area contributed by atoms with Gasteiger partial charge in [0.05, 0.1) is 0 Å². The molecule has 0 saturated carbocycles. The maximum atomic E-state index is 11.4. The van der Waals surface area contributed by atoms with E-state index in [4.69, 9.17) is 11.5 Å². The van der Waals surface area contributed by atoms with Crippen molar-refractivity contribution in [1.82, 2.24) is 0 Å². The molecule has 0 bridgehead atoms. The van der Waals surface area contributed by atoms with Crippen molar-refractivity contribution < 1.29 is 4.79 Å². The monoisotopic (exact) mass is 178 g/mol. The molecule has 0 amide bonds. The van der Waals surface area contributed by atoms with Gasteiger partial charge >= 0.3 is 0 Å². The molecule has 0 aliphatic rings.